The molecule has 17 nitrogen and oxygen atoms in total. The largest absolute Gasteiger partial charge is 0.412 e. The number of likely N-dealkylation sites (tertiary alicyclic amines) is 2. The van der Waals surface area contributed by atoms with E-state index in [-0.39, 0.29) is 38.8 Å². The average molecular weight is 840 g/mol. The van der Waals surface area contributed by atoms with E-state index in [4.69, 9.17) is 32.4 Å². The molecular weight excluding hydrogens is 787 g/mol. The Kier molecular flexibility index (Phi) is 11.0. The summed E-state index contributed by atoms with van der Waals surface area (Å²) in [6.45, 7) is 6.26. The Labute approximate surface area is 352 Å². The fourth-order valence-corrected chi connectivity index (χ4v) is 11.0. The van der Waals surface area contributed by atoms with E-state index in [2.05, 4.69) is 0 Å². The minimum absolute atomic E-state index is 0.0456. The molecule has 4 amide bonds. The topological polar surface area (TPSA) is 275 Å². The summed E-state index contributed by atoms with van der Waals surface area (Å²) in [5.74, 6) is -7.40. The van der Waals surface area contributed by atoms with Crippen molar-refractivity contribution in [2.24, 2.45) is 22.9 Å². The van der Waals surface area contributed by atoms with Crippen LogP contribution in [-0.4, -0.2) is 104 Å². The SMILES string of the molecule is Cc1cccc(N(C2CCCN2[C@@](C(N)=O)(C(=O)OC(N)=O)C(C)(O)C2Cc3ccc2cc3)C2CCCN2[C@@](C(N)=O)(C(=O)OC(N)=O)C(C)(O)C2Cc3ccc2cc3)c1C. The van der Waals surface area contributed by atoms with Crippen molar-refractivity contribution in [2.45, 2.75) is 113 Å². The van der Waals surface area contributed by atoms with Gasteiger partial charge in [0.25, 0.3) is 11.8 Å². The van der Waals surface area contributed by atoms with E-state index >= 15 is 0 Å². The smallest absolute Gasteiger partial charge is 0.386 e. The van der Waals surface area contributed by atoms with Gasteiger partial charge in [0.15, 0.2) is 0 Å². The van der Waals surface area contributed by atoms with Gasteiger partial charge in [-0.1, -0.05) is 60.7 Å². The number of rotatable bonds is 13. The van der Waals surface area contributed by atoms with Gasteiger partial charge in [-0.2, -0.15) is 0 Å². The number of nitrogens with two attached hydrogens (primary N) is 4. The number of carbonyl (C=O) groups is 6. The van der Waals surface area contributed by atoms with Crippen LogP contribution in [0.2, 0.25) is 0 Å². The molecule has 6 aliphatic rings. The number of amides is 4. The fourth-order valence-electron chi connectivity index (χ4n) is 11.0. The van der Waals surface area contributed by atoms with Gasteiger partial charge in [-0.05, 0) is 106 Å². The highest BCUT2D eigenvalue weighted by Gasteiger charge is 2.71. The Hall–Kier alpha value is -5.88. The van der Waals surface area contributed by atoms with E-state index in [0.717, 1.165) is 22.3 Å². The second-order valence-corrected chi connectivity index (χ2v) is 17.1. The molecule has 2 aliphatic heterocycles. The number of aryl methyl sites for hydroxylation is 1. The van der Waals surface area contributed by atoms with Crippen molar-refractivity contribution in [1.29, 1.82) is 0 Å². The molecule has 0 radical (unpaired) electrons. The van der Waals surface area contributed by atoms with Crippen LogP contribution < -0.4 is 27.8 Å². The molecular formula is C44H53N7O10. The van der Waals surface area contributed by atoms with Crippen LogP contribution >= 0.6 is 0 Å². The van der Waals surface area contributed by atoms with Crippen molar-refractivity contribution < 1.29 is 48.5 Å². The highest BCUT2D eigenvalue weighted by molar-refractivity contribution is 6.12. The number of esters is 2. The summed E-state index contributed by atoms with van der Waals surface area (Å²) in [6.07, 6.45) is -3.77. The second-order valence-electron chi connectivity index (χ2n) is 17.1. The molecule has 9 rings (SSSR count). The Morgan fingerprint density at radius 3 is 1.36 bits per heavy atom. The monoisotopic (exact) mass is 839 g/mol. The fraction of sp³-hybridized carbons (Fsp3) is 0.455. The van der Waals surface area contributed by atoms with Gasteiger partial charge in [0.1, 0.15) is 11.2 Å². The number of fused-ring (bicyclic) bond motifs is 6. The number of carbonyl (C=O) groups excluding carboxylic acids is 6. The lowest BCUT2D eigenvalue weighted by Crippen LogP contribution is -2.80. The van der Waals surface area contributed by atoms with E-state index in [1.807, 2.05) is 49.1 Å². The molecule has 0 spiro atoms. The first-order chi connectivity index (χ1) is 28.7. The summed E-state index contributed by atoms with van der Waals surface area (Å²) in [4.78, 5) is 87.7. The minimum atomic E-state index is -2.79. The van der Waals surface area contributed by atoms with Gasteiger partial charge in [0, 0.05) is 30.6 Å². The standard InChI is InChI=1S/C44H53N7O10/c1-24-8-5-9-32(25(24)2)51(33-10-6-20-49(33)43(35(45)52,37(54)60-39(47)56)41(3,58)30-22-26-12-16-28(30)17-13-26)34-11-7-21-50(34)44(36(46)53,38(55)61-40(48)57)42(4,59)31-23-27-14-18-29(31)19-15-27/h5,8-9,12-19,30-31,33-34,58-59H,6-7,10-11,20-23H2,1-4H3,(H2,45,52)(H2,46,53)(H2,47,56)(H2,48,57)/t30?,31?,33?,34?,41?,42?,43-,44-/m0/s1. The number of ether oxygens (including phenoxy) is 2. The third-order valence-electron chi connectivity index (χ3n) is 14.0. The van der Waals surface area contributed by atoms with Gasteiger partial charge in [-0.15, -0.1) is 0 Å². The van der Waals surface area contributed by atoms with Crippen LogP contribution in [0.5, 0.6) is 0 Å². The van der Waals surface area contributed by atoms with Crippen LogP contribution in [0.25, 0.3) is 0 Å². The Balaban J connectivity index is 1.47. The van der Waals surface area contributed by atoms with Gasteiger partial charge in [0.2, 0.25) is 11.1 Å². The van der Waals surface area contributed by atoms with E-state index in [9.17, 15) is 39.0 Å². The van der Waals surface area contributed by atoms with Gasteiger partial charge in [-0.25, -0.2) is 19.2 Å². The normalized spacial score (nSPS) is 24.8. The molecule has 61 heavy (non-hydrogen) atoms. The maximum absolute atomic E-state index is 14.7. The van der Waals surface area contributed by atoms with Crippen molar-refractivity contribution >= 4 is 41.6 Å². The predicted octanol–water partition coefficient (Wildman–Crippen LogP) is 1.83. The van der Waals surface area contributed by atoms with Crippen molar-refractivity contribution in [2.75, 3.05) is 18.0 Å². The van der Waals surface area contributed by atoms with E-state index in [1.54, 1.807) is 36.4 Å². The molecule has 4 bridgehead atoms. The Morgan fingerprint density at radius 1 is 0.639 bits per heavy atom. The minimum Gasteiger partial charge on any atom is -0.386 e. The first kappa shape index (κ1) is 43.2. The van der Waals surface area contributed by atoms with Gasteiger partial charge < -0.3 is 47.5 Å². The highest BCUT2D eigenvalue weighted by Crippen LogP contribution is 2.51. The second kappa shape index (κ2) is 15.5. The zero-order valence-electron chi connectivity index (χ0n) is 34.6. The molecule has 2 fully saturated rings. The summed E-state index contributed by atoms with van der Waals surface area (Å²) >= 11 is 0. The summed E-state index contributed by atoms with van der Waals surface area (Å²) in [5, 5.41) is 26.0. The third-order valence-corrected chi connectivity index (χ3v) is 14.0. The molecule has 10 N–H and O–H groups in total. The summed E-state index contributed by atoms with van der Waals surface area (Å²) in [7, 11) is 0. The number of benzene rings is 3. The molecule has 2 saturated heterocycles. The van der Waals surface area contributed by atoms with Crippen LogP contribution in [0.1, 0.15) is 84.7 Å². The summed E-state index contributed by atoms with van der Waals surface area (Å²) in [6, 6.07) is 20.0. The lowest BCUT2D eigenvalue weighted by Gasteiger charge is -2.57. The zero-order valence-corrected chi connectivity index (χ0v) is 34.6. The maximum atomic E-state index is 14.7. The number of hydrogen-bond donors (Lipinski definition) is 6. The van der Waals surface area contributed by atoms with Gasteiger partial charge in [0.05, 0.1) is 12.3 Å². The van der Waals surface area contributed by atoms with Crippen molar-refractivity contribution in [3.63, 3.8) is 0 Å². The number of anilines is 1. The molecule has 0 aromatic heterocycles. The maximum Gasteiger partial charge on any atom is 0.412 e. The first-order valence-electron chi connectivity index (χ1n) is 20.4. The summed E-state index contributed by atoms with van der Waals surface area (Å²) in [5.41, 5.74) is 18.1. The zero-order chi connectivity index (χ0) is 44.4. The summed E-state index contributed by atoms with van der Waals surface area (Å²) < 4.78 is 10.1. The number of aliphatic hydroxyl groups is 2. The molecule has 17 heteroatoms. The molecule has 8 atom stereocenters. The average Bonchev–Trinajstić information content (AvgIpc) is 3.88. The molecule has 3 aromatic carbocycles. The van der Waals surface area contributed by atoms with E-state index < -0.39 is 82.4 Å². The van der Waals surface area contributed by atoms with Crippen LogP contribution in [0.15, 0.2) is 66.7 Å². The molecule has 6 unspecified atom stereocenters. The number of hydrogen-bond acceptors (Lipinski definition) is 13. The van der Waals surface area contributed by atoms with E-state index in [0.29, 0.717) is 29.7 Å². The van der Waals surface area contributed by atoms with Crippen LogP contribution in [0.3, 0.4) is 0 Å². The van der Waals surface area contributed by atoms with Crippen molar-refractivity contribution in [1.82, 2.24) is 9.80 Å². The Bertz CT molecular complexity index is 2150. The molecule has 4 aliphatic carbocycles. The molecule has 3 aromatic rings. The van der Waals surface area contributed by atoms with Gasteiger partial charge in [-0.3, -0.25) is 19.4 Å². The van der Waals surface area contributed by atoms with Crippen molar-refractivity contribution in [3.05, 3.63) is 100 Å². The van der Waals surface area contributed by atoms with Crippen LogP contribution in [-0.2, 0) is 41.5 Å². The number of primary amides is 4. The molecule has 0 saturated carbocycles. The van der Waals surface area contributed by atoms with Gasteiger partial charge >= 0.3 is 24.1 Å². The van der Waals surface area contributed by atoms with Crippen LogP contribution in [0.4, 0.5) is 15.3 Å². The number of nitrogens with zero attached hydrogens (tertiary/aromatic N) is 3. The molecule has 324 valence electrons. The lowest BCUT2D eigenvalue weighted by molar-refractivity contribution is -0.185. The lowest BCUT2D eigenvalue weighted by atomic mass is 9.64. The molecule has 2 heterocycles. The van der Waals surface area contributed by atoms with Crippen LogP contribution in [0, 0.1) is 13.8 Å². The highest BCUT2D eigenvalue weighted by atomic mass is 16.6. The predicted molar refractivity (Wildman–Crippen MR) is 220 cm³/mol. The Morgan fingerprint density at radius 2 is 1.03 bits per heavy atom. The third kappa shape index (κ3) is 6.52. The van der Waals surface area contributed by atoms with E-state index in [1.165, 1.54) is 23.6 Å². The van der Waals surface area contributed by atoms with Crippen molar-refractivity contribution in [3.8, 4) is 0 Å². The quantitative estimate of drug-likeness (QED) is 0.106. The first-order valence-corrected chi connectivity index (χ1v) is 20.4.